The van der Waals surface area contributed by atoms with Crippen LogP contribution in [0.1, 0.15) is 5.56 Å². The molecule has 4 rings (SSSR count). The summed E-state index contributed by atoms with van der Waals surface area (Å²) < 4.78 is 7.13. The van der Waals surface area contributed by atoms with E-state index in [-0.39, 0.29) is 5.91 Å². The Morgan fingerprint density at radius 1 is 1.07 bits per heavy atom. The fourth-order valence-electron chi connectivity index (χ4n) is 3.25. The molecule has 1 aliphatic rings. The molecule has 0 radical (unpaired) electrons. The third-order valence-corrected chi connectivity index (χ3v) is 4.80. The highest BCUT2D eigenvalue weighted by Crippen LogP contribution is 2.25. The number of para-hydroxylation sites is 1. The van der Waals surface area contributed by atoms with Gasteiger partial charge in [0, 0.05) is 24.7 Å². The van der Waals surface area contributed by atoms with Gasteiger partial charge in [-0.2, -0.15) is 5.10 Å². The van der Waals surface area contributed by atoms with Gasteiger partial charge < -0.3 is 10.1 Å². The Kier molecular flexibility index (Phi) is 5.50. The lowest BCUT2D eigenvalue weighted by atomic mass is 10.1. The second kappa shape index (κ2) is 8.37. The number of nitrogens with zero attached hydrogens (tertiary/aromatic N) is 3. The lowest BCUT2D eigenvalue weighted by Crippen LogP contribution is -2.41. The van der Waals surface area contributed by atoms with Crippen molar-refractivity contribution in [3.8, 4) is 16.9 Å². The molecule has 6 heteroatoms. The van der Waals surface area contributed by atoms with Crippen molar-refractivity contribution in [2.75, 3.05) is 38.2 Å². The van der Waals surface area contributed by atoms with Gasteiger partial charge in [0.25, 0.3) is 0 Å². The second-order valence-electron chi connectivity index (χ2n) is 6.96. The first-order chi connectivity index (χ1) is 13.7. The van der Waals surface area contributed by atoms with Crippen LogP contribution in [0.5, 0.6) is 0 Å². The molecule has 0 atom stereocenters. The maximum absolute atomic E-state index is 12.6. The van der Waals surface area contributed by atoms with Crippen molar-refractivity contribution >= 4 is 11.7 Å². The largest absolute Gasteiger partial charge is 0.379 e. The lowest BCUT2D eigenvalue weighted by Gasteiger charge is -2.25. The molecule has 1 saturated heterocycles. The number of carbonyl (C=O) groups is 1. The summed E-state index contributed by atoms with van der Waals surface area (Å²) in [6.45, 7) is 5.31. The minimum atomic E-state index is -0.0468. The van der Waals surface area contributed by atoms with Gasteiger partial charge in [-0.15, -0.1) is 0 Å². The van der Waals surface area contributed by atoms with Crippen LogP contribution in [-0.4, -0.2) is 53.4 Å². The van der Waals surface area contributed by atoms with E-state index >= 15 is 0 Å². The standard InChI is InChI=1S/C22H24N4O2/c1-17-7-9-18(10-8-17)20-15-21(26(24-20)19-5-3-2-4-6-19)23-22(27)16-25-11-13-28-14-12-25/h2-10,15H,11-14,16H2,1H3,(H,23,27). The summed E-state index contributed by atoms with van der Waals surface area (Å²) in [5, 5.41) is 7.79. The van der Waals surface area contributed by atoms with Gasteiger partial charge in [-0.05, 0) is 19.1 Å². The van der Waals surface area contributed by atoms with Crippen molar-refractivity contribution in [2.45, 2.75) is 6.92 Å². The monoisotopic (exact) mass is 376 g/mol. The van der Waals surface area contributed by atoms with Crippen LogP contribution in [-0.2, 0) is 9.53 Å². The van der Waals surface area contributed by atoms with Crippen molar-refractivity contribution in [3.05, 3.63) is 66.2 Å². The first-order valence-corrected chi connectivity index (χ1v) is 9.51. The Hall–Kier alpha value is -2.96. The van der Waals surface area contributed by atoms with Crippen LogP contribution in [0.25, 0.3) is 16.9 Å². The van der Waals surface area contributed by atoms with Gasteiger partial charge in [-0.3, -0.25) is 9.69 Å². The predicted octanol–water partition coefficient (Wildman–Crippen LogP) is 3.12. The third kappa shape index (κ3) is 4.30. The van der Waals surface area contributed by atoms with E-state index in [1.54, 1.807) is 4.68 Å². The highest BCUT2D eigenvalue weighted by molar-refractivity contribution is 5.92. The van der Waals surface area contributed by atoms with E-state index in [0.29, 0.717) is 25.6 Å². The van der Waals surface area contributed by atoms with Crippen LogP contribution in [0.15, 0.2) is 60.7 Å². The number of benzene rings is 2. The summed E-state index contributed by atoms with van der Waals surface area (Å²) in [6, 6.07) is 20.0. The quantitative estimate of drug-likeness (QED) is 0.743. The van der Waals surface area contributed by atoms with Crippen molar-refractivity contribution in [1.29, 1.82) is 0 Å². The SMILES string of the molecule is Cc1ccc(-c2cc(NC(=O)CN3CCOCC3)n(-c3ccccc3)n2)cc1. The molecule has 2 heterocycles. The number of aromatic nitrogens is 2. The van der Waals surface area contributed by atoms with Crippen molar-refractivity contribution in [2.24, 2.45) is 0 Å². The molecule has 2 aromatic carbocycles. The Labute approximate surface area is 164 Å². The number of hydrogen-bond acceptors (Lipinski definition) is 4. The summed E-state index contributed by atoms with van der Waals surface area (Å²) >= 11 is 0. The maximum atomic E-state index is 12.6. The number of carbonyl (C=O) groups excluding carboxylic acids is 1. The summed E-state index contributed by atoms with van der Waals surface area (Å²) in [4.78, 5) is 14.7. The molecule has 0 saturated carbocycles. The number of morpholine rings is 1. The molecule has 0 aliphatic carbocycles. The summed E-state index contributed by atoms with van der Waals surface area (Å²) in [5.41, 5.74) is 3.95. The molecular weight excluding hydrogens is 352 g/mol. The second-order valence-corrected chi connectivity index (χ2v) is 6.96. The van der Waals surface area contributed by atoms with Crippen LogP contribution in [0.3, 0.4) is 0 Å². The summed E-state index contributed by atoms with van der Waals surface area (Å²) in [5.74, 6) is 0.620. The molecule has 0 unspecified atom stereocenters. The first kappa shape index (κ1) is 18.4. The Balaban J connectivity index is 1.60. The zero-order valence-electron chi connectivity index (χ0n) is 16.0. The van der Waals surface area contributed by atoms with Gasteiger partial charge in [0.15, 0.2) is 0 Å². The third-order valence-electron chi connectivity index (χ3n) is 4.80. The van der Waals surface area contributed by atoms with Gasteiger partial charge >= 0.3 is 0 Å². The molecule has 0 bridgehead atoms. The van der Waals surface area contributed by atoms with Crippen LogP contribution in [0, 0.1) is 6.92 Å². The molecule has 1 amide bonds. The number of rotatable bonds is 5. The highest BCUT2D eigenvalue weighted by Gasteiger charge is 2.17. The van der Waals surface area contributed by atoms with E-state index in [1.165, 1.54) is 5.56 Å². The van der Waals surface area contributed by atoms with Gasteiger partial charge in [0.05, 0.1) is 31.1 Å². The van der Waals surface area contributed by atoms with Gasteiger partial charge in [-0.25, -0.2) is 4.68 Å². The smallest absolute Gasteiger partial charge is 0.239 e. The van der Waals surface area contributed by atoms with E-state index in [0.717, 1.165) is 30.0 Å². The lowest BCUT2D eigenvalue weighted by molar-refractivity contribution is -0.118. The molecule has 1 aromatic heterocycles. The van der Waals surface area contributed by atoms with Gasteiger partial charge in [0.2, 0.25) is 5.91 Å². The van der Waals surface area contributed by atoms with E-state index in [9.17, 15) is 4.79 Å². The van der Waals surface area contributed by atoms with Crippen LogP contribution in [0.2, 0.25) is 0 Å². The normalized spacial score (nSPS) is 14.8. The Morgan fingerprint density at radius 3 is 2.50 bits per heavy atom. The maximum Gasteiger partial charge on any atom is 0.239 e. The van der Waals surface area contributed by atoms with Crippen LogP contribution >= 0.6 is 0 Å². The zero-order chi connectivity index (χ0) is 19.3. The summed E-state index contributed by atoms with van der Waals surface area (Å²) in [6.07, 6.45) is 0. The average Bonchev–Trinajstić information content (AvgIpc) is 3.13. The van der Waals surface area contributed by atoms with Crippen molar-refractivity contribution < 1.29 is 9.53 Å². The molecule has 144 valence electrons. The number of hydrogen-bond donors (Lipinski definition) is 1. The highest BCUT2D eigenvalue weighted by atomic mass is 16.5. The molecule has 0 spiro atoms. The fraction of sp³-hybridized carbons (Fsp3) is 0.273. The number of amides is 1. The Morgan fingerprint density at radius 2 is 1.79 bits per heavy atom. The van der Waals surface area contributed by atoms with E-state index < -0.39 is 0 Å². The minimum absolute atomic E-state index is 0.0468. The molecule has 1 N–H and O–H groups in total. The molecule has 1 aliphatic heterocycles. The van der Waals surface area contributed by atoms with Crippen molar-refractivity contribution in [3.63, 3.8) is 0 Å². The Bertz CT molecular complexity index is 929. The average molecular weight is 376 g/mol. The minimum Gasteiger partial charge on any atom is -0.379 e. The molecule has 28 heavy (non-hydrogen) atoms. The molecule has 1 fully saturated rings. The van der Waals surface area contributed by atoms with Crippen LogP contribution in [0.4, 0.5) is 5.82 Å². The zero-order valence-corrected chi connectivity index (χ0v) is 16.0. The molecule has 6 nitrogen and oxygen atoms in total. The van der Waals surface area contributed by atoms with E-state index in [4.69, 9.17) is 9.84 Å². The number of aryl methyl sites for hydroxylation is 1. The predicted molar refractivity (Wildman–Crippen MR) is 110 cm³/mol. The first-order valence-electron chi connectivity index (χ1n) is 9.51. The number of nitrogens with one attached hydrogen (secondary N) is 1. The number of ether oxygens (including phenoxy) is 1. The van der Waals surface area contributed by atoms with Gasteiger partial charge in [-0.1, -0.05) is 48.0 Å². The van der Waals surface area contributed by atoms with E-state index in [2.05, 4.69) is 29.3 Å². The number of anilines is 1. The van der Waals surface area contributed by atoms with Gasteiger partial charge in [0.1, 0.15) is 5.82 Å². The molecule has 3 aromatic rings. The fourth-order valence-corrected chi connectivity index (χ4v) is 3.25. The molecular formula is C22H24N4O2. The van der Waals surface area contributed by atoms with Crippen molar-refractivity contribution in [1.82, 2.24) is 14.7 Å². The van der Waals surface area contributed by atoms with Crippen LogP contribution < -0.4 is 5.32 Å². The van der Waals surface area contributed by atoms with E-state index in [1.807, 2.05) is 48.5 Å². The topological polar surface area (TPSA) is 59.4 Å². The summed E-state index contributed by atoms with van der Waals surface area (Å²) in [7, 11) is 0.